The Bertz CT molecular complexity index is 1470. The van der Waals surface area contributed by atoms with E-state index in [-0.39, 0.29) is 54.2 Å². The van der Waals surface area contributed by atoms with Crippen LogP contribution in [0.4, 0.5) is 13.2 Å². The molecule has 1 fully saturated rings. The van der Waals surface area contributed by atoms with Crippen LogP contribution in [0.5, 0.6) is 5.75 Å². The van der Waals surface area contributed by atoms with Gasteiger partial charge in [0.15, 0.2) is 0 Å². The van der Waals surface area contributed by atoms with Crippen molar-refractivity contribution in [3.8, 4) is 11.4 Å². The van der Waals surface area contributed by atoms with Gasteiger partial charge in [0.05, 0.1) is 22.2 Å². The van der Waals surface area contributed by atoms with Crippen molar-refractivity contribution in [1.82, 2.24) is 14.0 Å². The number of alkyl halides is 2. The Kier molecular flexibility index (Phi) is 5.55. The van der Waals surface area contributed by atoms with Crippen LogP contribution in [0.3, 0.4) is 0 Å². The SMILES string of the molecule is Cn1ccc2c(-n3cc(C(=O)N4CCC(F)CC4)c4ccc(OCF)cc4c3=O)cc(F)cc21. The van der Waals surface area contributed by atoms with Gasteiger partial charge < -0.3 is 14.2 Å². The number of piperidine rings is 1. The first kappa shape index (κ1) is 22.1. The van der Waals surface area contributed by atoms with Crippen molar-refractivity contribution in [3.05, 3.63) is 70.5 Å². The van der Waals surface area contributed by atoms with Gasteiger partial charge in [0.2, 0.25) is 6.86 Å². The molecule has 0 saturated carbocycles. The third-order valence-electron chi connectivity index (χ3n) is 6.36. The van der Waals surface area contributed by atoms with Crippen molar-refractivity contribution in [2.75, 3.05) is 20.0 Å². The summed E-state index contributed by atoms with van der Waals surface area (Å²) in [7, 11) is 1.76. The van der Waals surface area contributed by atoms with E-state index >= 15 is 0 Å². The van der Waals surface area contributed by atoms with E-state index in [9.17, 15) is 22.8 Å². The van der Waals surface area contributed by atoms with Crippen LogP contribution in [0.1, 0.15) is 23.2 Å². The molecule has 3 heterocycles. The molecule has 0 N–H and O–H groups in total. The highest BCUT2D eigenvalue weighted by molar-refractivity contribution is 6.07. The van der Waals surface area contributed by atoms with Gasteiger partial charge in [-0.1, -0.05) is 0 Å². The Morgan fingerprint density at radius 2 is 1.85 bits per heavy atom. The van der Waals surface area contributed by atoms with Crippen molar-refractivity contribution in [3.63, 3.8) is 0 Å². The van der Waals surface area contributed by atoms with E-state index in [1.165, 1.54) is 41.1 Å². The van der Waals surface area contributed by atoms with Gasteiger partial charge in [0.25, 0.3) is 11.5 Å². The zero-order chi connectivity index (χ0) is 24.0. The Hall–Kier alpha value is -3.75. The van der Waals surface area contributed by atoms with E-state index in [4.69, 9.17) is 4.74 Å². The predicted molar refractivity (Wildman–Crippen MR) is 123 cm³/mol. The minimum Gasteiger partial charge on any atom is -0.463 e. The van der Waals surface area contributed by atoms with E-state index in [0.717, 1.165) is 0 Å². The van der Waals surface area contributed by atoms with Crippen molar-refractivity contribution < 1.29 is 22.7 Å². The number of aromatic nitrogens is 2. The number of fused-ring (bicyclic) bond motifs is 2. The fourth-order valence-electron chi connectivity index (χ4n) is 4.56. The van der Waals surface area contributed by atoms with Crippen LogP contribution in [-0.2, 0) is 7.05 Å². The van der Waals surface area contributed by atoms with Crippen LogP contribution < -0.4 is 10.3 Å². The molecule has 1 amide bonds. The van der Waals surface area contributed by atoms with Crippen molar-refractivity contribution in [2.45, 2.75) is 19.0 Å². The smallest absolute Gasteiger partial charge is 0.263 e. The predicted octanol–water partition coefficient (Wildman–Crippen LogP) is 4.50. The quantitative estimate of drug-likeness (QED) is 0.442. The minimum atomic E-state index is -1.08. The highest BCUT2D eigenvalue weighted by Crippen LogP contribution is 2.28. The van der Waals surface area contributed by atoms with Gasteiger partial charge in [-0.25, -0.2) is 13.2 Å². The topological polar surface area (TPSA) is 56.5 Å². The monoisotopic (exact) mass is 469 g/mol. The van der Waals surface area contributed by atoms with E-state index in [1.54, 1.807) is 28.8 Å². The Labute approximate surface area is 192 Å². The molecule has 4 aromatic rings. The minimum absolute atomic E-state index is 0.130. The maximum absolute atomic E-state index is 14.5. The molecule has 1 aliphatic heterocycles. The van der Waals surface area contributed by atoms with Gasteiger partial charge >= 0.3 is 0 Å². The number of hydrogen-bond donors (Lipinski definition) is 0. The first-order valence-corrected chi connectivity index (χ1v) is 10.9. The molecular formula is C25H22F3N3O3. The van der Waals surface area contributed by atoms with Crippen LogP contribution in [0, 0.1) is 5.82 Å². The summed E-state index contributed by atoms with van der Waals surface area (Å²) in [5.74, 6) is -0.764. The number of rotatable bonds is 4. The fraction of sp³-hybridized carbons (Fsp3) is 0.280. The molecule has 0 radical (unpaired) electrons. The summed E-state index contributed by atoms with van der Waals surface area (Å²) in [6.45, 7) is -0.565. The molecule has 0 spiro atoms. The number of benzene rings is 2. The standard InChI is InChI=1S/C25H22F3N3O3/c1-29-7-6-19-22(29)10-16(28)11-23(19)31-13-21(24(32)30-8-4-15(27)5-9-30)18-3-2-17(34-14-26)12-20(18)25(31)33/h2-3,6-7,10-13,15H,4-5,8-9,14H2,1H3. The molecular weight excluding hydrogens is 447 g/mol. The Morgan fingerprint density at radius 3 is 2.59 bits per heavy atom. The van der Waals surface area contributed by atoms with Crippen LogP contribution in [0.15, 0.2) is 53.6 Å². The molecule has 0 aliphatic carbocycles. The average Bonchev–Trinajstić information content (AvgIpc) is 3.20. The van der Waals surface area contributed by atoms with Crippen LogP contribution in [0.25, 0.3) is 27.4 Å². The molecule has 6 nitrogen and oxygen atoms in total. The maximum Gasteiger partial charge on any atom is 0.263 e. The van der Waals surface area contributed by atoms with E-state index in [1.807, 2.05) is 0 Å². The summed E-state index contributed by atoms with van der Waals surface area (Å²) in [5.41, 5.74) is 0.561. The number of carbonyl (C=O) groups excluding carboxylic acids is 1. The van der Waals surface area contributed by atoms with Crippen LogP contribution in [-0.4, -0.2) is 46.1 Å². The Balaban J connectivity index is 1.77. The molecule has 2 aromatic heterocycles. The average molecular weight is 469 g/mol. The van der Waals surface area contributed by atoms with Gasteiger partial charge in [-0.2, -0.15) is 0 Å². The molecule has 0 bridgehead atoms. The van der Waals surface area contributed by atoms with Gasteiger partial charge in [0, 0.05) is 43.3 Å². The number of likely N-dealkylation sites (tertiary alicyclic amines) is 1. The number of aryl methyl sites for hydroxylation is 1. The molecule has 1 aliphatic rings. The lowest BCUT2D eigenvalue weighted by molar-refractivity contribution is 0.0668. The molecule has 9 heteroatoms. The maximum atomic E-state index is 14.5. The van der Waals surface area contributed by atoms with Crippen molar-refractivity contribution in [2.24, 2.45) is 7.05 Å². The number of nitrogens with zero attached hydrogens (tertiary/aromatic N) is 3. The lowest BCUT2D eigenvalue weighted by Gasteiger charge is -2.29. The van der Waals surface area contributed by atoms with E-state index < -0.39 is 24.4 Å². The number of carbonyl (C=O) groups is 1. The second-order valence-corrected chi connectivity index (χ2v) is 8.43. The number of pyridine rings is 1. The summed E-state index contributed by atoms with van der Waals surface area (Å²) in [6.07, 6.45) is 2.69. The van der Waals surface area contributed by atoms with Crippen LogP contribution >= 0.6 is 0 Å². The first-order valence-electron chi connectivity index (χ1n) is 10.9. The summed E-state index contributed by atoms with van der Waals surface area (Å²) in [6, 6.07) is 8.75. The number of amides is 1. The second-order valence-electron chi connectivity index (χ2n) is 8.43. The highest BCUT2D eigenvalue weighted by Gasteiger charge is 2.26. The van der Waals surface area contributed by atoms with Crippen molar-refractivity contribution in [1.29, 1.82) is 0 Å². The zero-order valence-electron chi connectivity index (χ0n) is 18.4. The fourth-order valence-corrected chi connectivity index (χ4v) is 4.56. The van der Waals surface area contributed by atoms with Gasteiger partial charge in [0.1, 0.15) is 17.7 Å². The number of hydrogen-bond acceptors (Lipinski definition) is 3. The van der Waals surface area contributed by atoms with Gasteiger partial charge in [-0.15, -0.1) is 0 Å². The van der Waals surface area contributed by atoms with E-state index in [0.29, 0.717) is 16.3 Å². The second kappa shape index (κ2) is 8.55. The number of ether oxygens (including phenoxy) is 1. The van der Waals surface area contributed by atoms with Gasteiger partial charge in [-0.3, -0.25) is 14.2 Å². The summed E-state index contributed by atoms with van der Waals surface area (Å²) < 4.78 is 48.9. The Morgan fingerprint density at radius 1 is 1.09 bits per heavy atom. The molecule has 0 atom stereocenters. The normalized spacial score (nSPS) is 14.8. The molecule has 34 heavy (non-hydrogen) atoms. The molecule has 1 saturated heterocycles. The zero-order valence-corrected chi connectivity index (χ0v) is 18.4. The first-order chi connectivity index (χ1) is 16.4. The van der Waals surface area contributed by atoms with E-state index in [2.05, 4.69) is 0 Å². The summed E-state index contributed by atoms with van der Waals surface area (Å²) >= 11 is 0. The van der Waals surface area contributed by atoms with Gasteiger partial charge in [-0.05, 0) is 49.2 Å². The molecule has 5 rings (SSSR count). The lowest BCUT2D eigenvalue weighted by atomic mass is 10.0. The largest absolute Gasteiger partial charge is 0.463 e. The third-order valence-corrected chi connectivity index (χ3v) is 6.36. The van der Waals surface area contributed by atoms with Crippen LogP contribution in [0.2, 0.25) is 0 Å². The van der Waals surface area contributed by atoms with Crippen molar-refractivity contribution >= 4 is 27.6 Å². The lowest BCUT2D eigenvalue weighted by Crippen LogP contribution is -2.39. The molecule has 176 valence electrons. The number of halogens is 3. The summed E-state index contributed by atoms with van der Waals surface area (Å²) in [5, 5.41) is 1.12. The summed E-state index contributed by atoms with van der Waals surface area (Å²) in [4.78, 5) is 28.6. The molecule has 0 unspecified atom stereocenters. The third kappa shape index (κ3) is 3.70. The highest BCUT2D eigenvalue weighted by atomic mass is 19.1. The molecule has 2 aromatic carbocycles.